The monoisotopic (exact) mass is 384 g/mol. The van der Waals surface area contributed by atoms with Crippen molar-refractivity contribution in [3.63, 3.8) is 0 Å². The van der Waals surface area contributed by atoms with Crippen molar-refractivity contribution in [2.45, 2.75) is 33.2 Å². The molecule has 1 heterocycles. The number of aryl methyl sites for hydroxylation is 3. The van der Waals surface area contributed by atoms with Gasteiger partial charge in [-0.25, -0.2) is 0 Å². The van der Waals surface area contributed by atoms with Gasteiger partial charge in [-0.1, -0.05) is 36.4 Å². The van der Waals surface area contributed by atoms with Gasteiger partial charge in [-0.05, 0) is 61.7 Å². The predicted octanol–water partition coefficient (Wildman–Crippen LogP) is 5.19. The molecule has 0 aliphatic carbocycles. The van der Waals surface area contributed by atoms with Gasteiger partial charge in [0, 0.05) is 29.4 Å². The van der Waals surface area contributed by atoms with Crippen LogP contribution >= 0.6 is 0 Å². The Morgan fingerprint density at radius 2 is 1.52 bits per heavy atom. The third-order valence-electron chi connectivity index (χ3n) is 5.33. The summed E-state index contributed by atoms with van der Waals surface area (Å²) in [7, 11) is 0. The zero-order chi connectivity index (χ0) is 20.4. The molecular formula is C25H24N2O2. The molecule has 0 saturated carbocycles. The van der Waals surface area contributed by atoms with Gasteiger partial charge in [0.15, 0.2) is 5.43 Å². The molecule has 1 amide bonds. The first kappa shape index (κ1) is 18.9. The van der Waals surface area contributed by atoms with Crippen LogP contribution in [0, 0.1) is 13.8 Å². The van der Waals surface area contributed by atoms with Crippen LogP contribution in [-0.4, -0.2) is 10.5 Å². The Morgan fingerprint density at radius 1 is 0.897 bits per heavy atom. The topological polar surface area (TPSA) is 51.1 Å². The van der Waals surface area contributed by atoms with Gasteiger partial charge in [-0.15, -0.1) is 0 Å². The van der Waals surface area contributed by atoms with Crippen LogP contribution in [0.3, 0.4) is 0 Å². The van der Waals surface area contributed by atoms with Crippen molar-refractivity contribution in [2.24, 2.45) is 0 Å². The zero-order valence-electron chi connectivity index (χ0n) is 16.7. The first-order valence-electron chi connectivity index (χ1n) is 9.92. The van der Waals surface area contributed by atoms with Crippen LogP contribution in [0.5, 0.6) is 0 Å². The minimum Gasteiger partial charge on any atom is -0.340 e. The van der Waals surface area contributed by atoms with Crippen LogP contribution in [0.2, 0.25) is 0 Å². The van der Waals surface area contributed by atoms with Crippen LogP contribution in [0.25, 0.3) is 21.8 Å². The Kier molecular flexibility index (Phi) is 5.17. The van der Waals surface area contributed by atoms with E-state index < -0.39 is 0 Å². The third-order valence-corrected chi connectivity index (χ3v) is 5.33. The van der Waals surface area contributed by atoms with Crippen LogP contribution in [0.15, 0.2) is 71.5 Å². The normalized spacial score (nSPS) is 11.1. The number of anilines is 1. The Morgan fingerprint density at radius 3 is 2.17 bits per heavy atom. The molecule has 1 N–H and O–H groups in total. The molecule has 0 atom stereocenters. The number of pyridine rings is 1. The van der Waals surface area contributed by atoms with Crippen LogP contribution in [0.1, 0.15) is 24.0 Å². The molecule has 0 fully saturated rings. The van der Waals surface area contributed by atoms with Crippen molar-refractivity contribution in [1.82, 2.24) is 4.57 Å². The number of nitrogens with zero attached hydrogens (tertiary/aromatic N) is 1. The highest BCUT2D eigenvalue weighted by Gasteiger charge is 2.11. The summed E-state index contributed by atoms with van der Waals surface area (Å²) in [6.07, 6.45) is 1.11. The summed E-state index contributed by atoms with van der Waals surface area (Å²) >= 11 is 0. The van der Waals surface area contributed by atoms with Crippen LogP contribution in [0.4, 0.5) is 5.69 Å². The van der Waals surface area contributed by atoms with E-state index in [-0.39, 0.29) is 11.3 Å². The summed E-state index contributed by atoms with van der Waals surface area (Å²) in [5.74, 6) is 0.00774. The number of nitrogens with one attached hydrogen (secondary N) is 1. The first-order chi connectivity index (χ1) is 14.0. The molecule has 4 rings (SSSR count). The van der Waals surface area contributed by atoms with Crippen LogP contribution in [-0.2, 0) is 11.3 Å². The maximum Gasteiger partial charge on any atom is 0.224 e. The summed E-state index contributed by atoms with van der Waals surface area (Å²) in [4.78, 5) is 25.3. The minimum atomic E-state index is 0.00774. The van der Waals surface area contributed by atoms with Gasteiger partial charge in [0.2, 0.25) is 5.91 Å². The average Bonchev–Trinajstić information content (AvgIpc) is 2.73. The number of carbonyl (C=O) groups excluding carboxylic acids is 1. The van der Waals surface area contributed by atoms with E-state index in [1.54, 1.807) is 0 Å². The quantitative estimate of drug-likeness (QED) is 0.481. The second-order valence-electron chi connectivity index (χ2n) is 7.49. The van der Waals surface area contributed by atoms with Gasteiger partial charge in [0.1, 0.15) is 0 Å². The molecule has 1 aromatic heterocycles. The minimum absolute atomic E-state index is 0.00774. The maximum absolute atomic E-state index is 12.8. The molecule has 0 radical (unpaired) electrons. The number of benzene rings is 3. The van der Waals surface area contributed by atoms with E-state index in [0.29, 0.717) is 30.2 Å². The van der Waals surface area contributed by atoms with Crippen molar-refractivity contribution in [2.75, 3.05) is 5.32 Å². The number of hydrogen-bond donors (Lipinski definition) is 1. The number of aromatic nitrogens is 1. The highest BCUT2D eigenvalue weighted by molar-refractivity contribution is 5.94. The molecule has 4 nitrogen and oxygen atoms in total. The summed E-state index contributed by atoms with van der Waals surface area (Å²) in [6, 6.07) is 21.4. The third kappa shape index (κ3) is 3.79. The Hall–Kier alpha value is -3.40. The fourth-order valence-electron chi connectivity index (χ4n) is 3.80. The average molecular weight is 384 g/mol. The van der Waals surface area contributed by atoms with E-state index in [4.69, 9.17) is 0 Å². The van der Waals surface area contributed by atoms with Gasteiger partial charge in [-0.3, -0.25) is 9.59 Å². The highest BCUT2D eigenvalue weighted by Crippen LogP contribution is 2.20. The number of carbonyl (C=O) groups is 1. The molecular weight excluding hydrogens is 360 g/mol. The summed E-state index contributed by atoms with van der Waals surface area (Å²) in [6.45, 7) is 4.68. The second kappa shape index (κ2) is 7.92. The van der Waals surface area contributed by atoms with E-state index in [1.165, 1.54) is 0 Å². The second-order valence-corrected chi connectivity index (χ2v) is 7.49. The fourth-order valence-corrected chi connectivity index (χ4v) is 3.80. The molecule has 0 bridgehead atoms. The highest BCUT2D eigenvalue weighted by atomic mass is 16.1. The predicted molar refractivity (Wildman–Crippen MR) is 119 cm³/mol. The summed E-state index contributed by atoms with van der Waals surface area (Å²) in [5.41, 5.74) is 4.92. The van der Waals surface area contributed by atoms with E-state index in [2.05, 4.69) is 9.88 Å². The molecule has 4 aromatic rings. The molecule has 0 aliphatic rings. The maximum atomic E-state index is 12.8. The standard InChI is InChI=1S/C25H24N2O2/c1-17-13-14-18(2)21(16-17)26-24(28)12-7-15-27-22-10-5-3-8-19(22)25(29)20-9-4-6-11-23(20)27/h3-6,8-11,13-14,16H,7,12,15H2,1-2H3,(H,26,28). The lowest BCUT2D eigenvalue weighted by atomic mass is 10.1. The number of hydrogen-bond acceptors (Lipinski definition) is 2. The zero-order valence-corrected chi connectivity index (χ0v) is 16.7. The van der Waals surface area contributed by atoms with Gasteiger partial charge >= 0.3 is 0 Å². The van der Waals surface area contributed by atoms with E-state index >= 15 is 0 Å². The molecule has 146 valence electrons. The van der Waals surface area contributed by atoms with Gasteiger partial charge in [0.05, 0.1) is 11.0 Å². The Bertz CT molecular complexity index is 1210. The van der Waals surface area contributed by atoms with Gasteiger partial charge in [0.25, 0.3) is 0 Å². The van der Waals surface area contributed by atoms with Gasteiger partial charge < -0.3 is 9.88 Å². The Balaban J connectivity index is 1.57. The lowest BCUT2D eigenvalue weighted by Crippen LogP contribution is -2.15. The molecule has 0 saturated heterocycles. The molecule has 0 unspecified atom stereocenters. The lowest BCUT2D eigenvalue weighted by Gasteiger charge is -2.15. The number of amides is 1. The fraction of sp³-hybridized carbons (Fsp3) is 0.200. The van der Waals surface area contributed by atoms with Crippen molar-refractivity contribution in [3.8, 4) is 0 Å². The van der Waals surface area contributed by atoms with E-state index in [9.17, 15) is 9.59 Å². The number of fused-ring (bicyclic) bond motifs is 2. The Labute approximate surface area is 169 Å². The van der Waals surface area contributed by atoms with Crippen molar-refractivity contribution >= 4 is 33.4 Å². The van der Waals surface area contributed by atoms with Crippen LogP contribution < -0.4 is 10.7 Å². The van der Waals surface area contributed by atoms with E-state index in [0.717, 1.165) is 27.8 Å². The summed E-state index contributed by atoms with van der Waals surface area (Å²) < 4.78 is 2.15. The first-order valence-corrected chi connectivity index (χ1v) is 9.92. The lowest BCUT2D eigenvalue weighted by molar-refractivity contribution is -0.116. The largest absolute Gasteiger partial charge is 0.340 e. The van der Waals surface area contributed by atoms with E-state index in [1.807, 2.05) is 80.6 Å². The molecule has 0 spiro atoms. The number of rotatable bonds is 5. The van der Waals surface area contributed by atoms with Gasteiger partial charge in [-0.2, -0.15) is 0 Å². The molecule has 4 heteroatoms. The van der Waals surface area contributed by atoms with Crippen molar-refractivity contribution in [1.29, 1.82) is 0 Å². The molecule has 29 heavy (non-hydrogen) atoms. The number of para-hydroxylation sites is 2. The summed E-state index contributed by atoms with van der Waals surface area (Å²) in [5, 5.41) is 4.45. The molecule has 0 aliphatic heterocycles. The SMILES string of the molecule is Cc1ccc(C)c(NC(=O)CCCn2c3ccccc3c(=O)c3ccccc32)c1. The smallest absolute Gasteiger partial charge is 0.224 e. The molecule has 3 aromatic carbocycles. The van der Waals surface area contributed by atoms with Crippen molar-refractivity contribution in [3.05, 3.63) is 88.1 Å². The van der Waals surface area contributed by atoms with Crippen molar-refractivity contribution < 1.29 is 4.79 Å².